The molecule has 1 saturated heterocycles. The highest BCUT2D eigenvalue weighted by molar-refractivity contribution is 6.46. The Labute approximate surface area is 186 Å². The largest absolute Gasteiger partial charge is 0.507 e. The molecule has 32 heavy (non-hydrogen) atoms. The van der Waals surface area contributed by atoms with E-state index in [0.717, 1.165) is 0 Å². The highest BCUT2D eigenvalue weighted by atomic mass is 19.1. The quantitative estimate of drug-likeness (QED) is 0.384. The molecule has 1 fully saturated rings. The van der Waals surface area contributed by atoms with Crippen molar-refractivity contribution in [1.29, 1.82) is 0 Å². The maximum absolute atomic E-state index is 13.4. The molecule has 170 valence electrons. The van der Waals surface area contributed by atoms with Crippen LogP contribution >= 0.6 is 0 Å². The summed E-state index contributed by atoms with van der Waals surface area (Å²) in [4.78, 5) is 29.5. The van der Waals surface area contributed by atoms with Crippen LogP contribution in [0.3, 0.4) is 0 Å². The molecule has 7 nitrogen and oxygen atoms in total. The van der Waals surface area contributed by atoms with Crippen molar-refractivity contribution in [3.63, 3.8) is 0 Å². The number of hydrogen-bond donors (Lipinski definition) is 1. The van der Waals surface area contributed by atoms with Gasteiger partial charge in [-0.25, -0.2) is 4.39 Å². The first-order valence-electron chi connectivity index (χ1n) is 10.2. The van der Waals surface area contributed by atoms with Gasteiger partial charge in [0, 0.05) is 17.7 Å². The van der Waals surface area contributed by atoms with Crippen LogP contribution in [-0.2, 0) is 9.59 Å². The van der Waals surface area contributed by atoms with Gasteiger partial charge in [0.25, 0.3) is 11.7 Å². The second kappa shape index (κ2) is 9.82. The van der Waals surface area contributed by atoms with E-state index in [9.17, 15) is 19.1 Å². The molecule has 0 bridgehead atoms. The van der Waals surface area contributed by atoms with E-state index < -0.39 is 23.5 Å². The van der Waals surface area contributed by atoms with Crippen LogP contribution in [0.1, 0.15) is 23.6 Å². The van der Waals surface area contributed by atoms with Crippen molar-refractivity contribution in [2.24, 2.45) is 0 Å². The van der Waals surface area contributed by atoms with E-state index in [4.69, 9.17) is 9.47 Å². The number of benzene rings is 2. The molecule has 1 heterocycles. The van der Waals surface area contributed by atoms with Crippen molar-refractivity contribution < 1.29 is 28.6 Å². The molecule has 2 aromatic rings. The molecule has 3 rings (SSSR count). The number of methoxy groups -OCH3 is 2. The maximum Gasteiger partial charge on any atom is 0.295 e. The third kappa shape index (κ3) is 4.45. The normalized spacial score (nSPS) is 17.8. The number of carbonyl (C=O) groups excluding carboxylic acids is 2. The number of likely N-dealkylation sites (tertiary alicyclic amines) is 1. The highest BCUT2D eigenvalue weighted by Gasteiger charge is 2.47. The number of ketones is 1. The Morgan fingerprint density at radius 2 is 1.78 bits per heavy atom. The van der Waals surface area contributed by atoms with Crippen LogP contribution in [-0.4, -0.2) is 68.0 Å². The predicted molar refractivity (Wildman–Crippen MR) is 118 cm³/mol. The molecule has 0 saturated carbocycles. The lowest BCUT2D eigenvalue weighted by molar-refractivity contribution is -0.140. The Hall–Kier alpha value is -3.39. The maximum atomic E-state index is 13.4. The summed E-state index contributed by atoms with van der Waals surface area (Å²) in [5.74, 6) is -1.55. The van der Waals surface area contributed by atoms with Crippen molar-refractivity contribution >= 4 is 17.4 Å². The lowest BCUT2D eigenvalue weighted by Gasteiger charge is -2.27. The summed E-state index contributed by atoms with van der Waals surface area (Å²) in [6, 6.07) is 9.39. The number of nitrogens with zero attached hydrogens (tertiary/aromatic N) is 2. The molecule has 1 aliphatic heterocycles. The van der Waals surface area contributed by atoms with Gasteiger partial charge >= 0.3 is 0 Å². The number of halogens is 1. The van der Waals surface area contributed by atoms with Crippen LogP contribution in [0, 0.1) is 5.82 Å². The SMILES string of the molecule is COc1cccc(C2/C(=C(\O)c3ccc(F)cc3)C(=O)C(=O)N2CCCN(C)C)c1OC. The van der Waals surface area contributed by atoms with Gasteiger partial charge in [-0.15, -0.1) is 0 Å². The van der Waals surface area contributed by atoms with Gasteiger partial charge < -0.3 is 24.4 Å². The summed E-state index contributed by atoms with van der Waals surface area (Å²) in [6.45, 7) is 1.01. The summed E-state index contributed by atoms with van der Waals surface area (Å²) in [5.41, 5.74) is 0.683. The fourth-order valence-electron chi connectivity index (χ4n) is 3.88. The van der Waals surface area contributed by atoms with Crippen molar-refractivity contribution in [1.82, 2.24) is 9.80 Å². The Balaban J connectivity index is 2.19. The summed E-state index contributed by atoms with van der Waals surface area (Å²) in [6.07, 6.45) is 0.624. The molecule has 0 aliphatic carbocycles. The van der Waals surface area contributed by atoms with Crippen molar-refractivity contribution in [3.05, 3.63) is 65.0 Å². The van der Waals surface area contributed by atoms with E-state index in [0.29, 0.717) is 36.6 Å². The molecule has 1 aliphatic rings. The molecular formula is C24H27FN2O5. The van der Waals surface area contributed by atoms with Gasteiger partial charge in [-0.1, -0.05) is 12.1 Å². The minimum atomic E-state index is -0.882. The zero-order valence-corrected chi connectivity index (χ0v) is 18.6. The van der Waals surface area contributed by atoms with Crippen molar-refractivity contribution in [2.75, 3.05) is 41.4 Å². The zero-order valence-electron chi connectivity index (χ0n) is 18.6. The number of ether oxygens (including phenoxy) is 2. The lowest BCUT2D eigenvalue weighted by atomic mass is 9.94. The second-order valence-electron chi connectivity index (χ2n) is 7.74. The van der Waals surface area contributed by atoms with E-state index in [1.807, 2.05) is 19.0 Å². The number of rotatable bonds is 8. The average Bonchev–Trinajstić information content (AvgIpc) is 3.03. The van der Waals surface area contributed by atoms with Gasteiger partial charge in [-0.3, -0.25) is 9.59 Å². The van der Waals surface area contributed by atoms with Crippen LogP contribution in [0.2, 0.25) is 0 Å². The second-order valence-corrected chi connectivity index (χ2v) is 7.74. The summed E-state index contributed by atoms with van der Waals surface area (Å²) < 4.78 is 24.3. The molecule has 1 atom stereocenters. The van der Waals surface area contributed by atoms with Crippen LogP contribution in [0.25, 0.3) is 5.76 Å². The summed E-state index contributed by atoms with van der Waals surface area (Å²) >= 11 is 0. The van der Waals surface area contributed by atoms with Crippen molar-refractivity contribution in [3.8, 4) is 11.5 Å². The molecular weight excluding hydrogens is 415 g/mol. The zero-order chi connectivity index (χ0) is 23.4. The Morgan fingerprint density at radius 3 is 2.38 bits per heavy atom. The smallest absolute Gasteiger partial charge is 0.295 e. The summed E-state index contributed by atoms with van der Waals surface area (Å²) in [7, 11) is 6.81. The minimum absolute atomic E-state index is 0.0713. The lowest BCUT2D eigenvalue weighted by Crippen LogP contribution is -2.32. The predicted octanol–water partition coefficient (Wildman–Crippen LogP) is 3.22. The van der Waals surface area contributed by atoms with Gasteiger partial charge in [0.2, 0.25) is 0 Å². The van der Waals surface area contributed by atoms with Crippen LogP contribution < -0.4 is 9.47 Å². The molecule has 0 aromatic heterocycles. The van der Waals surface area contributed by atoms with Crippen LogP contribution in [0.15, 0.2) is 48.0 Å². The monoisotopic (exact) mass is 442 g/mol. The molecule has 2 aromatic carbocycles. The van der Waals surface area contributed by atoms with Crippen molar-refractivity contribution in [2.45, 2.75) is 12.5 Å². The fraction of sp³-hybridized carbons (Fsp3) is 0.333. The molecule has 1 N–H and O–H groups in total. The van der Waals surface area contributed by atoms with Gasteiger partial charge in [0.1, 0.15) is 11.6 Å². The van der Waals surface area contributed by atoms with E-state index in [1.165, 1.54) is 43.4 Å². The molecule has 1 unspecified atom stereocenters. The van der Waals surface area contributed by atoms with Crippen LogP contribution in [0.5, 0.6) is 11.5 Å². The first-order valence-corrected chi connectivity index (χ1v) is 10.2. The number of Topliss-reactive ketones (excluding diaryl/α,β-unsaturated/α-hetero) is 1. The van der Waals surface area contributed by atoms with E-state index in [1.54, 1.807) is 18.2 Å². The number of para-hydroxylation sites is 1. The third-order valence-electron chi connectivity index (χ3n) is 5.39. The third-order valence-corrected chi connectivity index (χ3v) is 5.39. The average molecular weight is 442 g/mol. The van der Waals surface area contributed by atoms with Crippen LogP contribution in [0.4, 0.5) is 4.39 Å². The number of amides is 1. The fourth-order valence-corrected chi connectivity index (χ4v) is 3.88. The highest BCUT2D eigenvalue weighted by Crippen LogP contribution is 2.45. The van der Waals surface area contributed by atoms with E-state index in [-0.39, 0.29) is 16.9 Å². The Morgan fingerprint density at radius 1 is 1.09 bits per heavy atom. The van der Waals surface area contributed by atoms with Gasteiger partial charge in [0.05, 0.1) is 25.8 Å². The minimum Gasteiger partial charge on any atom is -0.507 e. The first kappa shape index (κ1) is 23.3. The summed E-state index contributed by atoms with van der Waals surface area (Å²) in [5, 5.41) is 11.0. The van der Waals surface area contributed by atoms with E-state index in [2.05, 4.69) is 0 Å². The molecule has 8 heteroatoms. The van der Waals surface area contributed by atoms with Gasteiger partial charge in [-0.05, 0) is 57.4 Å². The Bertz CT molecular complexity index is 1030. The standard InChI is InChI=1S/C24H27FN2O5/c1-26(2)13-6-14-27-20(17-7-5-8-18(31-3)23(17)32-4)19(22(29)24(27)30)21(28)15-9-11-16(25)12-10-15/h5,7-12,20,28H,6,13-14H2,1-4H3/b21-19+. The van der Waals surface area contributed by atoms with Gasteiger partial charge in [0.15, 0.2) is 11.5 Å². The van der Waals surface area contributed by atoms with Gasteiger partial charge in [-0.2, -0.15) is 0 Å². The number of hydrogen-bond acceptors (Lipinski definition) is 6. The molecule has 1 amide bonds. The van der Waals surface area contributed by atoms with E-state index >= 15 is 0 Å². The number of carbonyl (C=O) groups is 2. The first-order chi connectivity index (χ1) is 15.3. The topological polar surface area (TPSA) is 79.3 Å². The molecule has 0 spiro atoms. The molecule has 0 radical (unpaired) electrons. The number of aliphatic hydroxyl groups is 1. The number of aliphatic hydroxyl groups excluding tert-OH is 1. The Kier molecular flexibility index (Phi) is 7.15.